The molecule has 0 unspecified atom stereocenters. The monoisotopic (exact) mass is 441 g/mol. The highest BCUT2D eigenvalue weighted by atomic mass is 32.2. The molecule has 2 fully saturated rings. The van der Waals surface area contributed by atoms with Gasteiger partial charge in [-0.2, -0.15) is 4.31 Å². The van der Waals surface area contributed by atoms with Gasteiger partial charge in [0.05, 0.1) is 18.0 Å². The number of piperazine rings is 1. The first-order chi connectivity index (χ1) is 14.0. The number of aliphatic hydroxyl groups is 1. The van der Waals surface area contributed by atoms with Crippen LogP contribution in [0.3, 0.4) is 0 Å². The summed E-state index contributed by atoms with van der Waals surface area (Å²) < 4.78 is 37.5. The van der Waals surface area contributed by atoms with Gasteiger partial charge in [0.1, 0.15) is 11.7 Å². The number of amides is 2. The van der Waals surface area contributed by atoms with Crippen molar-refractivity contribution in [2.75, 3.05) is 44.2 Å². The fourth-order valence-corrected chi connectivity index (χ4v) is 4.63. The average Bonchev–Trinajstić information content (AvgIpc) is 3.08. The number of rotatable bonds is 4. The molecule has 2 saturated heterocycles. The highest BCUT2D eigenvalue weighted by Gasteiger charge is 2.34. The summed E-state index contributed by atoms with van der Waals surface area (Å²) in [5.41, 5.74) is -0.120. The van der Waals surface area contributed by atoms with Gasteiger partial charge in [-0.05, 0) is 45.0 Å². The number of anilines is 1. The van der Waals surface area contributed by atoms with Crippen molar-refractivity contribution in [1.29, 1.82) is 0 Å². The van der Waals surface area contributed by atoms with E-state index in [1.54, 1.807) is 20.8 Å². The second-order valence-electron chi connectivity index (χ2n) is 8.16. The van der Waals surface area contributed by atoms with Gasteiger partial charge in [-0.15, -0.1) is 0 Å². The molecule has 2 aliphatic heterocycles. The van der Waals surface area contributed by atoms with Crippen LogP contribution in [0.1, 0.15) is 20.8 Å². The fourth-order valence-electron chi connectivity index (χ4n) is 3.21. The van der Waals surface area contributed by atoms with E-state index in [4.69, 9.17) is 14.6 Å². The molecule has 1 aromatic rings. The van der Waals surface area contributed by atoms with Crippen molar-refractivity contribution < 1.29 is 32.6 Å². The Kier molecular flexibility index (Phi) is 6.25. The molecule has 0 aliphatic carbocycles. The lowest BCUT2D eigenvalue weighted by molar-refractivity contribution is 0.0192. The van der Waals surface area contributed by atoms with Gasteiger partial charge in [0.2, 0.25) is 10.0 Å². The molecule has 30 heavy (non-hydrogen) atoms. The maximum Gasteiger partial charge on any atom is 0.414 e. The summed E-state index contributed by atoms with van der Waals surface area (Å²) in [5.74, 6) is 0. The van der Waals surface area contributed by atoms with Crippen LogP contribution in [0.15, 0.2) is 29.2 Å². The number of hydrogen-bond acceptors (Lipinski definition) is 7. The molecule has 0 saturated carbocycles. The third-order valence-corrected chi connectivity index (χ3v) is 6.67. The summed E-state index contributed by atoms with van der Waals surface area (Å²) in [6.45, 7) is 6.09. The molecule has 2 aliphatic rings. The summed E-state index contributed by atoms with van der Waals surface area (Å²) in [7, 11) is -3.74. The van der Waals surface area contributed by atoms with E-state index in [1.807, 2.05) is 0 Å². The quantitative estimate of drug-likeness (QED) is 0.747. The topological polar surface area (TPSA) is 117 Å². The maximum atomic E-state index is 12.9. The van der Waals surface area contributed by atoms with E-state index in [1.165, 1.54) is 38.4 Å². The largest absolute Gasteiger partial charge is 0.444 e. The van der Waals surface area contributed by atoms with Crippen molar-refractivity contribution in [2.45, 2.75) is 37.4 Å². The lowest BCUT2D eigenvalue weighted by atomic mass is 10.2. The average molecular weight is 442 g/mol. The number of sulfonamides is 1. The number of nitrogens with zero attached hydrogens (tertiary/aromatic N) is 3. The first kappa shape index (κ1) is 22.3. The molecule has 1 aromatic carbocycles. The molecule has 0 spiro atoms. The molecule has 0 radical (unpaired) electrons. The van der Waals surface area contributed by atoms with E-state index in [-0.39, 0.29) is 44.2 Å². The van der Waals surface area contributed by atoms with Gasteiger partial charge >= 0.3 is 12.2 Å². The number of hydrogen-bond donors (Lipinski definition) is 1. The van der Waals surface area contributed by atoms with Crippen LogP contribution in [0.2, 0.25) is 0 Å². The molecule has 1 N–H and O–H groups in total. The Bertz CT molecular complexity index is 888. The van der Waals surface area contributed by atoms with E-state index in [2.05, 4.69) is 0 Å². The Balaban J connectivity index is 1.64. The van der Waals surface area contributed by atoms with Crippen molar-refractivity contribution in [3.8, 4) is 0 Å². The van der Waals surface area contributed by atoms with Crippen LogP contribution in [-0.4, -0.2) is 86.0 Å². The van der Waals surface area contributed by atoms with Gasteiger partial charge in [0.25, 0.3) is 0 Å². The first-order valence-electron chi connectivity index (χ1n) is 9.68. The second-order valence-corrected chi connectivity index (χ2v) is 10.1. The molecule has 11 heteroatoms. The number of aliphatic hydroxyl groups excluding tert-OH is 1. The van der Waals surface area contributed by atoms with E-state index in [9.17, 15) is 18.0 Å². The molecule has 166 valence electrons. The third kappa shape index (κ3) is 4.85. The van der Waals surface area contributed by atoms with Crippen molar-refractivity contribution in [1.82, 2.24) is 9.21 Å². The zero-order chi connectivity index (χ0) is 22.1. The fraction of sp³-hybridized carbons (Fsp3) is 0.579. The third-order valence-electron chi connectivity index (χ3n) is 4.75. The molecule has 0 aromatic heterocycles. The van der Waals surface area contributed by atoms with Gasteiger partial charge in [-0.1, -0.05) is 0 Å². The van der Waals surface area contributed by atoms with Crippen LogP contribution in [0.4, 0.5) is 15.3 Å². The predicted octanol–water partition coefficient (Wildman–Crippen LogP) is 1.25. The summed E-state index contributed by atoms with van der Waals surface area (Å²) in [5, 5.41) is 9.13. The summed E-state index contributed by atoms with van der Waals surface area (Å²) >= 11 is 0. The van der Waals surface area contributed by atoms with E-state index < -0.39 is 33.9 Å². The normalized spacial score (nSPS) is 20.9. The Morgan fingerprint density at radius 3 is 2.27 bits per heavy atom. The number of benzene rings is 1. The van der Waals surface area contributed by atoms with Crippen molar-refractivity contribution in [2.24, 2.45) is 0 Å². The molecule has 2 amide bonds. The Labute approximate surface area is 176 Å². The van der Waals surface area contributed by atoms with Crippen LogP contribution < -0.4 is 4.90 Å². The minimum atomic E-state index is -3.74. The highest BCUT2D eigenvalue weighted by Crippen LogP contribution is 2.25. The minimum Gasteiger partial charge on any atom is -0.444 e. The molecular weight excluding hydrogens is 414 g/mol. The van der Waals surface area contributed by atoms with E-state index in [0.717, 1.165) is 0 Å². The molecule has 0 bridgehead atoms. The molecular formula is C19H27N3O7S. The van der Waals surface area contributed by atoms with Crippen LogP contribution in [0.5, 0.6) is 0 Å². The van der Waals surface area contributed by atoms with Crippen LogP contribution in [0, 0.1) is 0 Å². The van der Waals surface area contributed by atoms with Crippen molar-refractivity contribution in [3.05, 3.63) is 24.3 Å². The minimum absolute atomic E-state index is 0.100. The van der Waals surface area contributed by atoms with Gasteiger partial charge in [0, 0.05) is 31.9 Å². The maximum absolute atomic E-state index is 12.9. The smallest absolute Gasteiger partial charge is 0.414 e. The predicted molar refractivity (Wildman–Crippen MR) is 108 cm³/mol. The van der Waals surface area contributed by atoms with E-state index in [0.29, 0.717) is 5.69 Å². The highest BCUT2D eigenvalue weighted by molar-refractivity contribution is 7.89. The molecule has 3 rings (SSSR count). The standard InChI is InChI=1S/C19H27N3O7S/c1-19(2,3)29-17(24)20-8-10-21(11-9-20)30(26,27)16-6-4-14(5-7-16)22-12-15(13-23)28-18(22)25/h4-7,15,23H,8-13H2,1-3H3/t15-/m1/s1. The summed E-state index contributed by atoms with van der Waals surface area (Å²) in [4.78, 5) is 27.0. The SMILES string of the molecule is CC(C)(C)OC(=O)N1CCN(S(=O)(=O)c2ccc(N3C[C@H](CO)OC3=O)cc2)CC1. The second kappa shape index (κ2) is 8.40. The Morgan fingerprint density at radius 2 is 1.77 bits per heavy atom. The van der Waals surface area contributed by atoms with Crippen LogP contribution in [-0.2, 0) is 19.5 Å². The molecule has 1 atom stereocenters. The number of cyclic esters (lactones) is 1. The molecule has 10 nitrogen and oxygen atoms in total. The Morgan fingerprint density at radius 1 is 1.17 bits per heavy atom. The first-order valence-corrected chi connectivity index (χ1v) is 11.1. The zero-order valence-corrected chi connectivity index (χ0v) is 18.1. The number of carbonyl (C=O) groups excluding carboxylic acids is 2. The lowest BCUT2D eigenvalue weighted by Crippen LogP contribution is -2.51. The zero-order valence-electron chi connectivity index (χ0n) is 17.3. The lowest BCUT2D eigenvalue weighted by Gasteiger charge is -2.35. The number of ether oxygens (including phenoxy) is 2. The van der Waals surface area contributed by atoms with Gasteiger partial charge in [-0.25, -0.2) is 18.0 Å². The van der Waals surface area contributed by atoms with Gasteiger partial charge < -0.3 is 19.5 Å². The van der Waals surface area contributed by atoms with Crippen molar-refractivity contribution >= 4 is 27.9 Å². The van der Waals surface area contributed by atoms with Crippen LogP contribution >= 0.6 is 0 Å². The van der Waals surface area contributed by atoms with Gasteiger partial charge in [0.15, 0.2) is 0 Å². The van der Waals surface area contributed by atoms with Gasteiger partial charge in [-0.3, -0.25) is 4.90 Å². The van der Waals surface area contributed by atoms with Crippen molar-refractivity contribution in [3.63, 3.8) is 0 Å². The van der Waals surface area contributed by atoms with Crippen LogP contribution in [0.25, 0.3) is 0 Å². The molecule has 2 heterocycles. The van der Waals surface area contributed by atoms with E-state index >= 15 is 0 Å². The number of carbonyl (C=O) groups is 2. The summed E-state index contributed by atoms with van der Waals surface area (Å²) in [6, 6.07) is 5.94. The summed E-state index contributed by atoms with van der Waals surface area (Å²) in [6.07, 6.45) is -1.63. The Hall–Kier alpha value is -2.37.